The number of nitrogens with zero attached hydrogens (tertiary/aromatic N) is 1. The van der Waals surface area contributed by atoms with Crippen LogP contribution in [0.25, 0.3) is 0 Å². The minimum atomic E-state index is -0.600. The summed E-state index contributed by atoms with van der Waals surface area (Å²) in [5.74, 6) is -0.00905. The minimum Gasteiger partial charge on any atom is -0.357 e. The number of thioether (sulfide) groups is 1. The van der Waals surface area contributed by atoms with Crippen LogP contribution in [0.4, 0.5) is 4.39 Å². The Labute approximate surface area is 184 Å². The van der Waals surface area contributed by atoms with E-state index in [2.05, 4.69) is 5.32 Å². The number of rotatable bonds is 9. The molecular formula is C21H23Cl2FN2O2S. The summed E-state index contributed by atoms with van der Waals surface area (Å²) in [6, 6.07) is 10.6. The standard InChI is InChI=1S/C21H23Cl2FN2O2S/c1-3-19(21(28)25-2)26(11-14-4-8-17(24)9-5-14)20(27)13-29-12-15-6-7-16(22)10-18(15)23/h4-10,19H,3,11-13H2,1-2H3,(H,25,28)/t19-/m1/s1. The number of hydrogen-bond acceptors (Lipinski definition) is 3. The van der Waals surface area contributed by atoms with Gasteiger partial charge in [-0.25, -0.2) is 4.39 Å². The third kappa shape index (κ3) is 6.91. The zero-order valence-electron chi connectivity index (χ0n) is 16.3. The molecule has 0 saturated carbocycles. The molecule has 0 bridgehead atoms. The lowest BCUT2D eigenvalue weighted by atomic mass is 10.1. The summed E-state index contributed by atoms with van der Waals surface area (Å²) < 4.78 is 13.2. The molecule has 0 aliphatic rings. The molecule has 1 N–H and O–H groups in total. The van der Waals surface area contributed by atoms with E-state index in [0.717, 1.165) is 11.1 Å². The number of nitrogens with one attached hydrogen (secondary N) is 1. The van der Waals surface area contributed by atoms with E-state index in [1.54, 1.807) is 36.2 Å². The fraction of sp³-hybridized carbons (Fsp3) is 0.333. The largest absolute Gasteiger partial charge is 0.357 e. The van der Waals surface area contributed by atoms with Crippen LogP contribution in [0, 0.1) is 5.82 Å². The van der Waals surface area contributed by atoms with Crippen LogP contribution in [-0.2, 0) is 21.9 Å². The smallest absolute Gasteiger partial charge is 0.242 e. The van der Waals surface area contributed by atoms with Crippen LogP contribution in [0.3, 0.4) is 0 Å². The SMILES string of the molecule is CC[C@H](C(=O)NC)N(Cc1ccc(F)cc1)C(=O)CSCc1ccc(Cl)cc1Cl. The van der Waals surface area contributed by atoms with E-state index >= 15 is 0 Å². The zero-order valence-corrected chi connectivity index (χ0v) is 18.6. The van der Waals surface area contributed by atoms with Crippen molar-refractivity contribution in [1.82, 2.24) is 10.2 Å². The summed E-state index contributed by atoms with van der Waals surface area (Å²) in [4.78, 5) is 26.8. The van der Waals surface area contributed by atoms with E-state index in [0.29, 0.717) is 22.2 Å². The van der Waals surface area contributed by atoms with Crippen molar-refractivity contribution in [3.05, 3.63) is 69.5 Å². The Morgan fingerprint density at radius 2 is 1.86 bits per heavy atom. The topological polar surface area (TPSA) is 49.4 Å². The third-order valence-corrected chi connectivity index (χ3v) is 5.95. The van der Waals surface area contributed by atoms with Crippen LogP contribution in [-0.4, -0.2) is 35.6 Å². The molecule has 0 fully saturated rings. The molecule has 4 nitrogen and oxygen atoms in total. The van der Waals surface area contributed by atoms with Gasteiger partial charge >= 0.3 is 0 Å². The van der Waals surface area contributed by atoms with Gasteiger partial charge in [-0.2, -0.15) is 0 Å². The minimum absolute atomic E-state index is 0.167. The highest BCUT2D eigenvalue weighted by Crippen LogP contribution is 2.25. The summed E-state index contributed by atoms with van der Waals surface area (Å²) in [7, 11) is 1.54. The van der Waals surface area contributed by atoms with Gasteiger partial charge in [0.1, 0.15) is 11.9 Å². The molecule has 2 amide bonds. The maximum absolute atomic E-state index is 13.2. The third-order valence-electron chi connectivity index (χ3n) is 4.40. The molecule has 0 spiro atoms. The summed E-state index contributed by atoms with van der Waals surface area (Å²) in [6.07, 6.45) is 0.473. The quantitative estimate of drug-likeness (QED) is 0.582. The van der Waals surface area contributed by atoms with Gasteiger partial charge in [0, 0.05) is 29.4 Å². The van der Waals surface area contributed by atoms with Crippen LogP contribution in [0.15, 0.2) is 42.5 Å². The van der Waals surface area contributed by atoms with Gasteiger partial charge in [0.15, 0.2) is 0 Å². The Morgan fingerprint density at radius 3 is 2.45 bits per heavy atom. The van der Waals surface area contributed by atoms with Gasteiger partial charge in [0.05, 0.1) is 5.75 Å². The molecule has 8 heteroatoms. The summed E-state index contributed by atoms with van der Waals surface area (Å²) >= 11 is 13.5. The lowest BCUT2D eigenvalue weighted by molar-refractivity contribution is -0.139. The first-order valence-corrected chi connectivity index (χ1v) is 11.0. The highest BCUT2D eigenvalue weighted by Gasteiger charge is 2.27. The first-order chi connectivity index (χ1) is 13.8. The molecule has 0 aliphatic carbocycles. The van der Waals surface area contributed by atoms with Crippen molar-refractivity contribution in [3.8, 4) is 0 Å². The second kappa shape index (κ2) is 11.4. The van der Waals surface area contributed by atoms with Crippen molar-refractivity contribution < 1.29 is 14.0 Å². The van der Waals surface area contributed by atoms with Crippen molar-refractivity contribution in [1.29, 1.82) is 0 Å². The number of likely N-dealkylation sites (N-methyl/N-ethyl adjacent to an activating group) is 1. The molecule has 0 saturated heterocycles. The van der Waals surface area contributed by atoms with Crippen molar-refractivity contribution in [2.75, 3.05) is 12.8 Å². The average Bonchev–Trinajstić information content (AvgIpc) is 2.70. The summed E-state index contributed by atoms with van der Waals surface area (Å²) in [5.41, 5.74) is 1.64. The molecule has 0 aliphatic heterocycles. The molecule has 1 atom stereocenters. The zero-order chi connectivity index (χ0) is 21.4. The number of halogens is 3. The van der Waals surface area contributed by atoms with Gasteiger partial charge in [-0.1, -0.05) is 48.3 Å². The van der Waals surface area contributed by atoms with Gasteiger partial charge in [-0.05, 0) is 41.8 Å². The maximum atomic E-state index is 13.2. The van der Waals surface area contributed by atoms with E-state index in [1.165, 1.54) is 23.9 Å². The molecule has 2 aromatic carbocycles. The van der Waals surface area contributed by atoms with Gasteiger partial charge in [-0.3, -0.25) is 9.59 Å². The van der Waals surface area contributed by atoms with Crippen molar-refractivity contribution in [2.24, 2.45) is 0 Å². The van der Waals surface area contributed by atoms with Gasteiger partial charge in [0.25, 0.3) is 0 Å². The fourth-order valence-electron chi connectivity index (χ4n) is 2.84. The lowest BCUT2D eigenvalue weighted by Gasteiger charge is -2.30. The lowest BCUT2D eigenvalue weighted by Crippen LogP contribution is -2.48. The highest BCUT2D eigenvalue weighted by molar-refractivity contribution is 7.99. The van der Waals surface area contributed by atoms with E-state index < -0.39 is 6.04 Å². The van der Waals surface area contributed by atoms with Crippen LogP contribution < -0.4 is 5.32 Å². The second-order valence-electron chi connectivity index (χ2n) is 6.41. The van der Waals surface area contributed by atoms with E-state index in [1.807, 2.05) is 13.0 Å². The Kier molecular flexibility index (Phi) is 9.27. The Balaban J connectivity index is 2.10. The molecule has 0 radical (unpaired) electrons. The van der Waals surface area contributed by atoms with Crippen LogP contribution in [0.5, 0.6) is 0 Å². The van der Waals surface area contributed by atoms with Crippen molar-refractivity contribution in [3.63, 3.8) is 0 Å². The Morgan fingerprint density at radius 1 is 1.17 bits per heavy atom. The van der Waals surface area contributed by atoms with E-state index in [-0.39, 0.29) is 29.9 Å². The Hall–Kier alpha value is -1.76. The number of carbonyl (C=O) groups is 2. The first-order valence-electron chi connectivity index (χ1n) is 9.12. The normalized spacial score (nSPS) is 11.8. The van der Waals surface area contributed by atoms with Crippen LogP contribution >= 0.6 is 35.0 Å². The summed E-state index contributed by atoms with van der Waals surface area (Å²) in [6.45, 7) is 2.08. The molecule has 29 heavy (non-hydrogen) atoms. The molecule has 2 rings (SSSR count). The fourth-order valence-corrected chi connectivity index (χ4v) is 4.31. The predicted molar refractivity (Wildman–Crippen MR) is 118 cm³/mol. The molecule has 0 unspecified atom stereocenters. The molecular weight excluding hydrogens is 434 g/mol. The number of carbonyl (C=O) groups excluding carboxylic acids is 2. The highest BCUT2D eigenvalue weighted by atomic mass is 35.5. The molecule has 156 valence electrons. The van der Waals surface area contributed by atoms with Gasteiger partial charge in [-0.15, -0.1) is 11.8 Å². The monoisotopic (exact) mass is 456 g/mol. The van der Waals surface area contributed by atoms with Crippen LogP contribution in [0.2, 0.25) is 10.0 Å². The van der Waals surface area contributed by atoms with Gasteiger partial charge in [0.2, 0.25) is 11.8 Å². The molecule has 2 aromatic rings. The van der Waals surface area contributed by atoms with Crippen LogP contribution in [0.1, 0.15) is 24.5 Å². The average molecular weight is 457 g/mol. The number of benzene rings is 2. The number of amides is 2. The van der Waals surface area contributed by atoms with Crippen molar-refractivity contribution in [2.45, 2.75) is 31.7 Å². The first kappa shape index (κ1) is 23.5. The summed E-state index contributed by atoms with van der Waals surface area (Å²) in [5, 5.41) is 3.72. The maximum Gasteiger partial charge on any atom is 0.242 e. The van der Waals surface area contributed by atoms with E-state index in [4.69, 9.17) is 23.2 Å². The molecule has 0 aromatic heterocycles. The second-order valence-corrected chi connectivity index (χ2v) is 8.24. The van der Waals surface area contributed by atoms with E-state index in [9.17, 15) is 14.0 Å². The predicted octanol–water partition coefficient (Wildman–Crippen LogP) is 4.92. The number of hydrogen-bond donors (Lipinski definition) is 1. The molecule has 0 heterocycles. The Bertz CT molecular complexity index is 849. The van der Waals surface area contributed by atoms with Gasteiger partial charge < -0.3 is 10.2 Å². The van der Waals surface area contributed by atoms with Crippen molar-refractivity contribution >= 4 is 46.8 Å².